The van der Waals surface area contributed by atoms with E-state index in [9.17, 15) is 9.59 Å². The van der Waals surface area contributed by atoms with Gasteiger partial charge in [-0.3, -0.25) is 9.69 Å². The zero-order valence-electron chi connectivity index (χ0n) is 17.2. The van der Waals surface area contributed by atoms with Gasteiger partial charge in [0.25, 0.3) is 5.91 Å². The molecule has 3 aromatic rings. The number of carbonyl (C=O) groups is 2. The van der Waals surface area contributed by atoms with Crippen LogP contribution in [0.1, 0.15) is 28.4 Å². The molecule has 1 amide bonds. The van der Waals surface area contributed by atoms with Crippen molar-refractivity contribution in [3.05, 3.63) is 111 Å². The summed E-state index contributed by atoms with van der Waals surface area (Å²) in [7, 11) is 0. The summed E-state index contributed by atoms with van der Waals surface area (Å²) in [5.41, 5.74) is 3.82. The molecule has 0 unspecified atom stereocenters. The normalized spacial score (nSPS) is 14.6. The zero-order chi connectivity index (χ0) is 22.7. The Morgan fingerprint density at radius 2 is 1.69 bits per heavy atom. The largest absolute Gasteiger partial charge is 0.462 e. The lowest BCUT2D eigenvalue weighted by atomic mass is 10.1. The van der Waals surface area contributed by atoms with Crippen LogP contribution in [-0.4, -0.2) is 18.5 Å². The van der Waals surface area contributed by atoms with Gasteiger partial charge >= 0.3 is 5.97 Å². The van der Waals surface area contributed by atoms with Crippen molar-refractivity contribution in [2.45, 2.75) is 6.92 Å². The highest BCUT2D eigenvalue weighted by molar-refractivity contribution is 6.44. The highest BCUT2D eigenvalue weighted by Crippen LogP contribution is 2.41. The SMILES string of the molecule is CCOC(=O)c1ccc(C=C2C=C(c3ccccc3)N(c3cccc(Cl)c3Cl)C2=O)cc1. The Morgan fingerprint density at radius 3 is 2.38 bits per heavy atom. The van der Waals surface area contributed by atoms with Crippen LogP contribution in [0.3, 0.4) is 0 Å². The minimum Gasteiger partial charge on any atom is -0.462 e. The average molecular weight is 464 g/mol. The van der Waals surface area contributed by atoms with Gasteiger partial charge in [-0.15, -0.1) is 0 Å². The third-order valence-corrected chi connectivity index (χ3v) is 5.78. The van der Waals surface area contributed by atoms with Crippen molar-refractivity contribution in [2.24, 2.45) is 0 Å². The van der Waals surface area contributed by atoms with Crippen LogP contribution in [0.2, 0.25) is 10.0 Å². The van der Waals surface area contributed by atoms with Gasteiger partial charge in [-0.25, -0.2) is 4.79 Å². The molecule has 4 nitrogen and oxygen atoms in total. The summed E-state index contributed by atoms with van der Waals surface area (Å²) in [6.45, 7) is 2.07. The van der Waals surface area contributed by atoms with E-state index in [1.165, 1.54) is 0 Å². The lowest BCUT2D eigenvalue weighted by molar-refractivity contribution is -0.113. The Kier molecular flexibility index (Phi) is 6.45. The number of benzene rings is 3. The van der Waals surface area contributed by atoms with Crippen LogP contribution < -0.4 is 4.90 Å². The summed E-state index contributed by atoms with van der Waals surface area (Å²) in [5.74, 6) is -0.598. The molecule has 0 aliphatic carbocycles. The predicted octanol–water partition coefficient (Wildman–Crippen LogP) is 6.64. The number of ether oxygens (including phenoxy) is 1. The summed E-state index contributed by atoms with van der Waals surface area (Å²) in [6.07, 6.45) is 3.60. The molecule has 0 saturated heterocycles. The standard InChI is InChI=1S/C26H19Cl2NO3/c1-2-32-26(31)19-13-11-17(12-14-19)15-20-16-23(18-7-4-3-5-8-18)29(25(20)30)22-10-6-9-21(27)24(22)28/h3-16H,2H2,1H3. The Balaban J connectivity index is 1.75. The fourth-order valence-electron chi connectivity index (χ4n) is 3.45. The Labute approximate surface area is 196 Å². The van der Waals surface area contributed by atoms with Gasteiger partial charge in [0.2, 0.25) is 0 Å². The van der Waals surface area contributed by atoms with E-state index in [1.807, 2.05) is 36.4 Å². The molecule has 32 heavy (non-hydrogen) atoms. The second-order valence-corrected chi connectivity index (χ2v) is 7.84. The van der Waals surface area contributed by atoms with Crippen LogP contribution in [0.4, 0.5) is 5.69 Å². The number of amides is 1. The second-order valence-electron chi connectivity index (χ2n) is 7.05. The smallest absolute Gasteiger partial charge is 0.338 e. The molecular weight excluding hydrogens is 445 g/mol. The van der Waals surface area contributed by atoms with E-state index >= 15 is 0 Å². The highest BCUT2D eigenvalue weighted by atomic mass is 35.5. The number of hydrogen-bond donors (Lipinski definition) is 0. The molecule has 0 saturated carbocycles. The number of hydrogen-bond acceptors (Lipinski definition) is 3. The summed E-state index contributed by atoms with van der Waals surface area (Å²) in [4.78, 5) is 26.9. The number of esters is 1. The summed E-state index contributed by atoms with van der Waals surface area (Å²) in [6, 6.07) is 21.7. The molecule has 3 aromatic carbocycles. The first-order valence-corrected chi connectivity index (χ1v) is 10.8. The summed E-state index contributed by atoms with van der Waals surface area (Å²) >= 11 is 12.7. The van der Waals surface area contributed by atoms with Crippen LogP contribution in [0.5, 0.6) is 0 Å². The highest BCUT2D eigenvalue weighted by Gasteiger charge is 2.32. The van der Waals surface area contributed by atoms with Crippen molar-refractivity contribution in [3.63, 3.8) is 0 Å². The van der Waals surface area contributed by atoms with Crippen molar-refractivity contribution < 1.29 is 14.3 Å². The molecule has 0 spiro atoms. The van der Waals surface area contributed by atoms with Crippen molar-refractivity contribution in [1.82, 2.24) is 0 Å². The number of halogens is 2. The number of anilines is 1. The molecule has 4 rings (SSSR count). The third-order valence-electron chi connectivity index (χ3n) is 4.97. The molecule has 0 fully saturated rings. The van der Waals surface area contributed by atoms with Crippen LogP contribution >= 0.6 is 23.2 Å². The van der Waals surface area contributed by atoms with Crippen LogP contribution in [0, 0.1) is 0 Å². The Morgan fingerprint density at radius 1 is 0.969 bits per heavy atom. The van der Waals surface area contributed by atoms with E-state index in [0.717, 1.165) is 11.1 Å². The van der Waals surface area contributed by atoms with Gasteiger partial charge in [0.15, 0.2) is 0 Å². The minimum atomic E-state index is -0.378. The Hall–Kier alpha value is -3.34. The third kappa shape index (κ3) is 4.33. The first kappa shape index (κ1) is 21.9. The van der Waals surface area contributed by atoms with Gasteiger partial charge in [0, 0.05) is 5.57 Å². The van der Waals surface area contributed by atoms with E-state index in [4.69, 9.17) is 27.9 Å². The maximum absolute atomic E-state index is 13.4. The number of rotatable bonds is 5. The van der Waals surface area contributed by atoms with Crippen LogP contribution in [0.15, 0.2) is 84.4 Å². The van der Waals surface area contributed by atoms with Crippen molar-refractivity contribution in [3.8, 4) is 0 Å². The first-order chi connectivity index (χ1) is 15.5. The molecule has 1 aliphatic heterocycles. The molecule has 0 radical (unpaired) electrons. The monoisotopic (exact) mass is 463 g/mol. The van der Waals surface area contributed by atoms with Crippen LogP contribution in [-0.2, 0) is 9.53 Å². The molecule has 160 valence electrons. The topological polar surface area (TPSA) is 46.6 Å². The zero-order valence-corrected chi connectivity index (χ0v) is 18.7. The van der Waals surface area contributed by atoms with E-state index in [-0.39, 0.29) is 11.9 Å². The summed E-state index contributed by atoms with van der Waals surface area (Å²) in [5, 5.41) is 0.681. The molecule has 1 aliphatic rings. The van der Waals surface area contributed by atoms with Crippen molar-refractivity contribution in [2.75, 3.05) is 11.5 Å². The quantitative estimate of drug-likeness (QED) is 0.314. The van der Waals surface area contributed by atoms with Gasteiger partial charge in [0.05, 0.1) is 33.6 Å². The minimum absolute atomic E-state index is 0.220. The van der Waals surface area contributed by atoms with E-state index < -0.39 is 0 Å². The number of nitrogens with zero attached hydrogens (tertiary/aromatic N) is 1. The molecular formula is C26H19Cl2NO3. The number of carbonyl (C=O) groups excluding carboxylic acids is 2. The molecule has 1 heterocycles. The molecule has 0 aromatic heterocycles. The van der Waals surface area contributed by atoms with Crippen molar-refractivity contribution >= 4 is 52.5 Å². The Bertz CT molecular complexity index is 1230. The predicted molar refractivity (Wildman–Crippen MR) is 129 cm³/mol. The maximum Gasteiger partial charge on any atom is 0.338 e. The lowest BCUT2D eigenvalue weighted by Crippen LogP contribution is -2.25. The van der Waals surface area contributed by atoms with Crippen LogP contribution in [0.25, 0.3) is 11.8 Å². The molecule has 0 N–H and O–H groups in total. The van der Waals surface area contributed by atoms with Gasteiger partial charge < -0.3 is 4.74 Å². The first-order valence-electron chi connectivity index (χ1n) is 10.0. The fraction of sp³-hybridized carbons (Fsp3) is 0.0769. The summed E-state index contributed by atoms with van der Waals surface area (Å²) < 4.78 is 5.02. The van der Waals surface area contributed by atoms with Crippen molar-refractivity contribution in [1.29, 1.82) is 0 Å². The van der Waals surface area contributed by atoms with Gasteiger partial charge in [0.1, 0.15) is 0 Å². The lowest BCUT2D eigenvalue weighted by Gasteiger charge is -2.22. The van der Waals surface area contributed by atoms with Gasteiger partial charge in [-0.2, -0.15) is 0 Å². The fourth-order valence-corrected chi connectivity index (χ4v) is 3.83. The average Bonchev–Trinajstić information content (AvgIpc) is 3.13. The van der Waals surface area contributed by atoms with Gasteiger partial charge in [-0.05, 0) is 54.5 Å². The molecule has 0 bridgehead atoms. The molecule has 6 heteroatoms. The molecule has 0 atom stereocenters. The van der Waals surface area contributed by atoms with E-state index in [1.54, 1.807) is 60.4 Å². The second kappa shape index (κ2) is 9.43. The van der Waals surface area contributed by atoms with Gasteiger partial charge in [-0.1, -0.05) is 71.7 Å². The van der Waals surface area contributed by atoms with E-state index in [2.05, 4.69) is 0 Å². The maximum atomic E-state index is 13.4. The van der Waals surface area contributed by atoms with E-state index in [0.29, 0.717) is 39.2 Å².